The third-order valence-electron chi connectivity index (χ3n) is 7.75. The van der Waals surface area contributed by atoms with E-state index in [0.717, 1.165) is 50.1 Å². The summed E-state index contributed by atoms with van der Waals surface area (Å²) in [6.07, 6.45) is 5.69. The van der Waals surface area contributed by atoms with E-state index in [-0.39, 0.29) is 17.6 Å². The van der Waals surface area contributed by atoms with E-state index >= 15 is 0 Å². The first-order chi connectivity index (χ1) is 17.7. The third-order valence-corrected chi connectivity index (χ3v) is 7.75. The second-order valence-electron chi connectivity index (χ2n) is 9.86. The van der Waals surface area contributed by atoms with Crippen molar-refractivity contribution in [3.8, 4) is 0 Å². The SMILES string of the molecule is CC.Fc1ccc(C(CCCN2CCC(N3CCc4ccccc4C3)CC2)c2ccc(F)cc2)cc1. The molecule has 0 spiro atoms. The third kappa shape index (κ3) is 6.80. The molecule has 1 fully saturated rings. The Morgan fingerprint density at radius 2 is 1.31 bits per heavy atom. The number of fused-ring (bicyclic) bond motifs is 1. The Balaban J connectivity index is 0.00000148. The number of halogens is 2. The Morgan fingerprint density at radius 3 is 1.89 bits per heavy atom. The maximum atomic E-state index is 13.5. The molecule has 5 rings (SSSR count). The van der Waals surface area contributed by atoms with Crippen molar-refractivity contribution in [2.24, 2.45) is 0 Å². The van der Waals surface area contributed by atoms with Crippen LogP contribution in [0.15, 0.2) is 72.8 Å². The summed E-state index contributed by atoms with van der Waals surface area (Å²) in [7, 11) is 0. The average Bonchev–Trinajstić information content (AvgIpc) is 2.94. The van der Waals surface area contributed by atoms with Crippen molar-refractivity contribution in [2.45, 2.75) is 64.5 Å². The first kappa shape index (κ1) is 26.5. The van der Waals surface area contributed by atoms with Crippen molar-refractivity contribution >= 4 is 0 Å². The van der Waals surface area contributed by atoms with E-state index in [4.69, 9.17) is 0 Å². The predicted molar refractivity (Wildman–Crippen MR) is 145 cm³/mol. The molecule has 3 aromatic carbocycles. The summed E-state index contributed by atoms with van der Waals surface area (Å²) in [5.41, 5.74) is 5.21. The Hall–Kier alpha value is -2.56. The zero-order valence-corrected chi connectivity index (χ0v) is 21.8. The minimum Gasteiger partial charge on any atom is -0.303 e. The van der Waals surface area contributed by atoms with Crippen molar-refractivity contribution in [3.63, 3.8) is 0 Å². The monoisotopic (exact) mass is 490 g/mol. The number of benzene rings is 3. The molecule has 2 nitrogen and oxygen atoms in total. The minimum atomic E-state index is -0.221. The van der Waals surface area contributed by atoms with E-state index in [1.165, 1.54) is 61.2 Å². The molecule has 4 heteroatoms. The molecule has 0 N–H and O–H groups in total. The first-order valence-electron chi connectivity index (χ1n) is 13.7. The molecule has 0 bridgehead atoms. The molecule has 1 saturated heterocycles. The average molecular weight is 491 g/mol. The van der Waals surface area contributed by atoms with Crippen LogP contribution in [0, 0.1) is 11.6 Å². The van der Waals surface area contributed by atoms with Gasteiger partial charge in [0.15, 0.2) is 0 Å². The Morgan fingerprint density at radius 1 is 0.750 bits per heavy atom. The van der Waals surface area contributed by atoms with Gasteiger partial charge in [-0.25, -0.2) is 8.78 Å². The Bertz CT molecular complexity index is 1010. The molecule has 0 amide bonds. The highest BCUT2D eigenvalue weighted by molar-refractivity contribution is 5.33. The van der Waals surface area contributed by atoms with Gasteiger partial charge in [0.05, 0.1) is 0 Å². The first-order valence-corrected chi connectivity index (χ1v) is 13.7. The van der Waals surface area contributed by atoms with Crippen molar-refractivity contribution < 1.29 is 8.78 Å². The molecule has 2 aliphatic heterocycles. The molecule has 0 radical (unpaired) electrons. The molecular formula is C32H40F2N2. The second-order valence-corrected chi connectivity index (χ2v) is 9.86. The van der Waals surface area contributed by atoms with Gasteiger partial charge in [-0.15, -0.1) is 0 Å². The zero-order chi connectivity index (χ0) is 25.3. The van der Waals surface area contributed by atoms with Gasteiger partial charge in [-0.1, -0.05) is 62.4 Å². The molecule has 0 atom stereocenters. The van der Waals surface area contributed by atoms with Crippen LogP contribution in [0.1, 0.15) is 67.7 Å². The topological polar surface area (TPSA) is 6.48 Å². The van der Waals surface area contributed by atoms with Crippen molar-refractivity contribution in [2.75, 3.05) is 26.2 Å². The maximum Gasteiger partial charge on any atom is 0.123 e. The quantitative estimate of drug-likeness (QED) is 0.340. The second kappa shape index (κ2) is 13.1. The van der Waals surface area contributed by atoms with Crippen LogP contribution in [0.3, 0.4) is 0 Å². The van der Waals surface area contributed by atoms with Crippen molar-refractivity contribution in [1.82, 2.24) is 9.80 Å². The lowest BCUT2D eigenvalue weighted by molar-refractivity contribution is 0.0972. The van der Waals surface area contributed by atoms with E-state index in [2.05, 4.69) is 34.1 Å². The van der Waals surface area contributed by atoms with Crippen molar-refractivity contribution in [3.05, 3.63) is 107 Å². The fraction of sp³-hybridized carbons (Fsp3) is 0.438. The molecule has 2 heterocycles. The van der Waals surface area contributed by atoms with Gasteiger partial charge in [-0.3, -0.25) is 4.90 Å². The van der Waals surface area contributed by atoms with E-state index in [9.17, 15) is 8.78 Å². The molecular weight excluding hydrogens is 450 g/mol. The number of rotatable bonds is 7. The van der Waals surface area contributed by atoms with Gasteiger partial charge in [0.1, 0.15) is 11.6 Å². The van der Waals surface area contributed by atoms with E-state index in [0.29, 0.717) is 6.04 Å². The number of hydrogen-bond acceptors (Lipinski definition) is 2. The fourth-order valence-electron chi connectivity index (χ4n) is 5.77. The van der Waals surface area contributed by atoms with E-state index < -0.39 is 0 Å². The number of nitrogens with zero attached hydrogens (tertiary/aromatic N) is 2. The molecule has 192 valence electrons. The molecule has 3 aromatic rings. The lowest BCUT2D eigenvalue weighted by Gasteiger charge is -2.40. The smallest absolute Gasteiger partial charge is 0.123 e. The number of likely N-dealkylation sites (tertiary alicyclic amines) is 1. The van der Waals surface area contributed by atoms with Gasteiger partial charge in [0.25, 0.3) is 0 Å². The van der Waals surface area contributed by atoms with E-state index in [1.807, 2.05) is 38.1 Å². The van der Waals surface area contributed by atoms with Gasteiger partial charge in [-0.2, -0.15) is 0 Å². The van der Waals surface area contributed by atoms with Crippen LogP contribution in [0.25, 0.3) is 0 Å². The highest BCUT2D eigenvalue weighted by Crippen LogP contribution is 2.30. The van der Waals surface area contributed by atoms with Crippen LogP contribution in [0.4, 0.5) is 8.78 Å². The predicted octanol–water partition coefficient (Wildman–Crippen LogP) is 7.43. The van der Waals surface area contributed by atoms with Gasteiger partial charge in [0.2, 0.25) is 0 Å². The van der Waals surface area contributed by atoms with Crippen LogP contribution in [0.5, 0.6) is 0 Å². The standard InChI is InChI=1S/C30H34F2N2.C2H6/c31-27-11-7-24(8-12-27)30(25-9-13-28(32)14-10-25)6-3-18-33-19-16-29(17-20-33)34-21-15-23-4-1-2-5-26(23)22-34;1-2/h1-2,4-5,7-14,29-30H,3,6,15-22H2;1-2H3. The fourth-order valence-corrected chi connectivity index (χ4v) is 5.77. The summed E-state index contributed by atoms with van der Waals surface area (Å²) in [5.74, 6) is -0.282. The van der Waals surface area contributed by atoms with Crippen LogP contribution in [0.2, 0.25) is 0 Å². The van der Waals surface area contributed by atoms with Crippen LogP contribution >= 0.6 is 0 Å². The number of hydrogen-bond donors (Lipinski definition) is 0. The molecule has 0 unspecified atom stereocenters. The van der Waals surface area contributed by atoms with Crippen LogP contribution in [-0.4, -0.2) is 42.0 Å². The van der Waals surface area contributed by atoms with Gasteiger partial charge >= 0.3 is 0 Å². The van der Waals surface area contributed by atoms with Crippen LogP contribution < -0.4 is 0 Å². The van der Waals surface area contributed by atoms with Gasteiger partial charge in [0, 0.05) is 25.0 Å². The van der Waals surface area contributed by atoms with Crippen molar-refractivity contribution in [1.29, 1.82) is 0 Å². The molecule has 2 aliphatic rings. The summed E-state index contributed by atoms with van der Waals surface area (Å²) >= 11 is 0. The van der Waals surface area contributed by atoms with Gasteiger partial charge < -0.3 is 4.90 Å². The Kier molecular flexibility index (Phi) is 9.66. The number of piperidine rings is 1. The summed E-state index contributed by atoms with van der Waals surface area (Å²) in [5, 5.41) is 0. The van der Waals surface area contributed by atoms with Crippen LogP contribution in [-0.2, 0) is 13.0 Å². The maximum absolute atomic E-state index is 13.5. The molecule has 0 saturated carbocycles. The van der Waals surface area contributed by atoms with E-state index in [1.54, 1.807) is 0 Å². The minimum absolute atomic E-state index is 0.159. The molecule has 36 heavy (non-hydrogen) atoms. The lowest BCUT2D eigenvalue weighted by Crippen LogP contribution is -2.46. The lowest BCUT2D eigenvalue weighted by atomic mass is 9.87. The molecule has 0 aromatic heterocycles. The Labute approximate surface area is 215 Å². The normalized spacial score (nSPS) is 16.9. The summed E-state index contributed by atoms with van der Waals surface area (Å²) < 4.78 is 27.0. The zero-order valence-electron chi connectivity index (χ0n) is 21.8. The molecule has 0 aliphatic carbocycles. The highest BCUT2D eigenvalue weighted by Gasteiger charge is 2.27. The van der Waals surface area contributed by atoms with Gasteiger partial charge in [-0.05, 0) is 98.3 Å². The highest BCUT2D eigenvalue weighted by atomic mass is 19.1. The summed E-state index contributed by atoms with van der Waals surface area (Å²) in [4.78, 5) is 5.29. The largest absolute Gasteiger partial charge is 0.303 e. The summed E-state index contributed by atoms with van der Waals surface area (Å²) in [6.45, 7) is 9.66. The summed E-state index contributed by atoms with van der Waals surface area (Å²) in [6, 6.07) is 23.1.